The van der Waals surface area contributed by atoms with Crippen molar-refractivity contribution < 1.29 is 4.79 Å². The zero-order valence-corrected chi connectivity index (χ0v) is 8.99. The van der Waals surface area contributed by atoms with E-state index in [1.165, 1.54) is 11.5 Å². The van der Waals surface area contributed by atoms with E-state index >= 15 is 0 Å². The first kappa shape index (κ1) is 9.92. The van der Waals surface area contributed by atoms with E-state index in [1.54, 1.807) is 11.6 Å². The van der Waals surface area contributed by atoms with Gasteiger partial charge in [0.2, 0.25) is 0 Å². The molecule has 2 rings (SSSR count). The highest BCUT2D eigenvalue weighted by molar-refractivity contribution is 7.03. The minimum absolute atomic E-state index is 0.0131. The maximum atomic E-state index is 11.8. The highest BCUT2D eigenvalue weighted by atomic mass is 32.1. The molecule has 0 fully saturated rings. The molecule has 5 heteroatoms. The number of ketones is 1. The topological polar surface area (TPSA) is 55.7 Å². The molecule has 0 bridgehead atoms. The number of hydrogen-bond donors (Lipinski definition) is 0. The molecular formula is C10H9N3OS. The fraction of sp³-hybridized carbons (Fsp3) is 0.200. The third-order valence-corrected chi connectivity index (χ3v) is 2.57. The van der Waals surface area contributed by atoms with Gasteiger partial charge < -0.3 is 0 Å². The van der Waals surface area contributed by atoms with E-state index in [1.807, 2.05) is 19.1 Å². The van der Waals surface area contributed by atoms with Crippen molar-refractivity contribution in [2.75, 3.05) is 0 Å². The van der Waals surface area contributed by atoms with Crippen molar-refractivity contribution in [3.63, 3.8) is 0 Å². The Balaban J connectivity index is 2.19. The molecule has 0 atom stereocenters. The standard InChI is InChI=1S/C10H9N3OS/c1-7-3-2-4-11-10(7)9(14)5-8-6-15-13-12-8/h2-4,6H,5H2,1H3. The molecule has 0 aliphatic carbocycles. The minimum atomic E-state index is -0.0131. The molecule has 76 valence electrons. The molecule has 15 heavy (non-hydrogen) atoms. The van der Waals surface area contributed by atoms with Crippen LogP contribution in [0.3, 0.4) is 0 Å². The number of Topliss-reactive ketones (excluding diaryl/α,β-unsaturated/α-hetero) is 1. The summed E-state index contributed by atoms with van der Waals surface area (Å²) >= 11 is 1.25. The maximum Gasteiger partial charge on any atom is 0.187 e. The van der Waals surface area contributed by atoms with E-state index in [0.717, 1.165) is 5.56 Å². The molecule has 0 aliphatic heterocycles. The second kappa shape index (κ2) is 4.27. The predicted octanol–water partition coefficient (Wildman–Crippen LogP) is 1.67. The largest absolute Gasteiger partial charge is 0.292 e. The Bertz CT molecular complexity index is 467. The molecular weight excluding hydrogens is 210 g/mol. The molecule has 2 aromatic heterocycles. The number of pyridine rings is 1. The molecule has 0 saturated heterocycles. The van der Waals surface area contributed by atoms with Gasteiger partial charge in [-0.05, 0) is 30.1 Å². The van der Waals surface area contributed by atoms with Gasteiger partial charge in [-0.25, -0.2) is 0 Å². The Morgan fingerprint density at radius 2 is 2.40 bits per heavy atom. The summed E-state index contributed by atoms with van der Waals surface area (Å²) in [7, 11) is 0. The zero-order valence-electron chi connectivity index (χ0n) is 8.17. The fourth-order valence-electron chi connectivity index (χ4n) is 1.29. The average Bonchev–Trinajstić information content (AvgIpc) is 2.71. The summed E-state index contributed by atoms with van der Waals surface area (Å²) in [6, 6.07) is 3.69. The van der Waals surface area contributed by atoms with Crippen molar-refractivity contribution in [1.29, 1.82) is 0 Å². The number of carbonyl (C=O) groups is 1. The van der Waals surface area contributed by atoms with Crippen LogP contribution in [0.4, 0.5) is 0 Å². The first-order valence-electron chi connectivity index (χ1n) is 4.48. The van der Waals surface area contributed by atoms with Crippen LogP contribution in [-0.4, -0.2) is 20.4 Å². The Morgan fingerprint density at radius 1 is 1.53 bits per heavy atom. The van der Waals surface area contributed by atoms with Crippen molar-refractivity contribution in [1.82, 2.24) is 14.6 Å². The van der Waals surface area contributed by atoms with Gasteiger partial charge in [-0.3, -0.25) is 9.78 Å². The Hall–Kier alpha value is -1.62. The highest BCUT2D eigenvalue weighted by Gasteiger charge is 2.12. The first-order valence-corrected chi connectivity index (χ1v) is 5.32. The number of rotatable bonds is 3. The molecule has 0 saturated carbocycles. The van der Waals surface area contributed by atoms with Crippen molar-refractivity contribution in [2.45, 2.75) is 13.3 Å². The van der Waals surface area contributed by atoms with Gasteiger partial charge in [0.25, 0.3) is 0 Å². The molecule has 4 nitrogen and oxygen atoms in total. The van der Waals surface area contributed by atoms with E-state index in [9.17, 15) is 4.79 Å². The summed E-state index contributed by atoms with van der Waals surface area (Å²) in [4.78, 5) is 15.9. The van der Waals surface area contributed by atoms with Crippen LogP contribution >= 0.6 is 11.5 Å². The third-order valence-electron chi connectivity index (χ3n) is 2.02. The second-order valence-corrected chi connectivity index (χ2v) is 3.77. The Kier molecular flexibility index (Phi) is 2.82. The molecule has 0 aromatic carbocycles. The molecule has 0 unspecified atom stereocenters. The van der Waals surface area contributed by atoms with E-state index in [-0.39, 0.29) is 12.2 Å². The van der Waals surface area contributed by atoms with E-state index in [4.69, 9.17) is 0 Å². The van der Waals surface area contributed by atoms with Gasteiger partial charge in [0, 0.05) is 11.6 Å². The van der Waals surface area contributed by atoms with Crippen LogP contribution in [0, 0.1) is 6.92 Å². The van der Waals surface area contributed by atoms with Crippen molar-refractivity contribution >= 4 is 17.3 Å². The lowest BCUT2D eigenvalue weighted by atomic mass is 10.1. The van der Waals surface area contributed by atoms with Gasteiger partial charge in [-0.15, -0.1) is 5.10 Å². The molecule has 0 aliphatic rings. The number of nitrogens with zero attached hydrogens (tertiary/aromatic N) is 3. The van der Waals surface area contributed by atoms with Crippen LogP contribution in [0.1, 0.15) is 21.7 Å². The summed E-state index contributed by atoms with van der Waals surface area (Å²) in [5.41, 5.74) is 2.12. The summed E-state index contributed by atoms with van der Waals surface area (Å²) < 4.78 is 3.71. The van der Waals surface area contributed by atoms with Gasteiger partial charge in [-0.2, -0.15) is 0 Å². The fourth-order valence-corrected chi connectivity index (χ4v) is 1.74. The third kappa shape index (κ3) is 2.24. The predicted molar refractivity (Wildman–Crippen MR) is 56.9 cm³/mol. The lowest BCUT2D eigenvalue weighted by Crippen LogP contribution is -2.08. The van der Waals surface area contributed by atoms with E-state index in [2.05, 4.69) is 14.6 Å². The average molecular weight is 219 g/mol. The van der Waals surface area contributed by atoms with Crippen LogP contribution < -0.4 is 0 Å². The van der Waals surface area contributed by atoms with Crippen LogP contribution in [0.25, 0.3) is 0 Å². The lowest BCUT2D eigenvalue weighted by molar-refractivity contribution is 0.0986. The first-order chi connectivity index (χ1) is 7.27. The number of aromatic nitrogens is 3. The normalized spacial score (nSPS) is 10.2. The van der Waals surface area contributed by atoms with E-state index < -0.39 is 0 Å². The van der Waals surface area contributed by atoms with Crippen molar-refractivity contribution in [3.05, 3.63) is 40.7 Å². The molecule has 2 aromatic rings. The van der Waals surface area contributed by atoms with Crippen molar-refractivity contribution in [3.8, 4) is 0 Å². The SMILES string of the molecule is Cc1cccnc1C(=O)Cc1csnn1. The summed E-state index contributed by atoms with van der Waals surface area (Å²) in [5, 5.41) is 5.61. The number of carbonyl (C=O) groups excluding carboxylic acids is 1. The van der Waals surface area contributed by atoms with Gasteiger partial charge in [0.1, 0.15) is 5.69 Å². The lowest BCUT2D eigenvalue weighted by Gasteiger charge is -2.00. The van der Waals surface area contributed by atoms with Gasteiger partial charge in [0.15, 0.2) is 5.78 Å². The smallest absolute Gasteiger partial charge is 0.187 e. The minimum Gasteiger partial charge on any atom is -0.292 e. The molecule has 0 radical (unpaired) electrons. The van der Waals surface area contributed by atoms with Crippen LogP contribution in [0.15, 0.2) is 23.7 Å². The Morgan fingerprint density at radius 3 is 3.07 bits per heavy atom. The second-order valence-electron chi connectivity index (χ2n) is 3.17. The van der Waals surface area contributed by atoms with Gasteiger partial charge in [0.05, 0.1) is 12.1 Å². The zero-order chi connectivity index (χ0) is 10.7. The Labute approximate surface area is 91.2 Å². The molecule has 0 N–H and O–H groups in total. The molecule has 0 amide bonds. The van der Waals surface area contributed by atoms with Crippen LogP contribution in [-0.2, 0) is 6.42 Å². The van der Waals surface area contributed by atoms with Crippen LogP contribution in [0.5, 0.6) is 0 Å². The summed E-state index contributed by atoms with van der Waals surface area (Å²) in [6.45, 7) is 1.87. The molecule has 2 heterocycles. The summed E-state index contributed by atoms with van der Waals surface area (Å²) in [5.74, 6) is -0.0131. The molecule has 0 spiro atoms. The van der Waals surface area contributed by atoms with Crippen LogP contribution in [0.2, 0.25) is 0 Å². The van der Waals surface area contributed by atoms with Gasteiger partial charge >= 0.3 is 0 Å². The summed E-state index contributed by atoms with van der Waals surface area (Å²) in [6.07, 6.45) is 1.90. The van der Waals surface area contributed by atoms with E-state index in [0.29, 0.717) is 11.4 Å². The quantitative estimate of drug-likeness (QED) is 0.737. The van der Waals surface area contributed by atoms with Crippen molar-refractivity contribution in [2.24, 2.45) is 0 Å². The highest BCUT2D eigenvalue weighted by Crippen LogP contribution is 2.08. The number of aryl methyl sites for hydroxylation is 1. The number of hydrogen-bond acceptors (Lipinski definition) is 5. The van der Waals surface area contributed by atoms with Gasteiger partial charge in [-0.1, -0.05) is 10.6 Å². The maximum absolute atomic E-state index is 11.8. The monoisotopic (exact) mass is 219 g/mol.